The topological polar surface area (TPSA) is 86.8 Å². The second-order valence-electron chi connectivity index (χ2n) is 4.43. The zero-order chi connectivity index (χ0) is 13.3. The molecule has 2 rings (SSSR count). The minimum absolute atomic E-state index is 0.0811. The Hall–Kier alpha value is -1.31. The van der Waals surface area contributed by atoms with Crippen molar-refractivity contribution in [3.8, 4) is 0 Å². The smallest absolute Gasteiger partial charge is 0.269 e. The van der Waals surface area contributed by atoms with Crippen LogP contribution in [-0.2, 0) is 0 Å². The Morgan fingerprint density at radius 1 is 1.33 bits per heavy atom. The van der Waals surface area contributed by atoms with Gasteiger partial charge in [-0.3, -0.25) is 19.2 Å². The normalized spacial score (nSPS) is 20.5. The van der Waals surface area contributed by atoms with Crippen LogP contribution in [-0.4, -0.2) is 38.6 Å². The van der Waals surface area contributed by atoms with Crippen LogP contribution in [0, 0.1) is 17.0 Å². The van der Waals surface area contributed by atoms with E-state index in [4.69, 9.17) is 0 Å². The van der Waals surface area contributed by atoms with Gasteiger partial charge in [0.15, 0.2) is 0 Å². The summed E-state index contributed by atoms with van der Waals surface area (Å²) in [5, 5.41) is 10.7. The lowest BCUT2D eigenvalue weighted by molar-refractivity contribution is -0.384. The first-order chi connectivity index (χ1) is 8.39. The van der Waals surface area contributed by atoms with Crippen LogP contribution in [0.25, 0.3) is 0 Å². The molecular formula is C11H16N2O4S. The monoisotopic (exact) mass is 272 g/mol. The second-order valence-corrected chi connectivity index (χ2v) is 6.85. The molecule has 0 amide bonds. The molecule has 100 valence electrons. The largest absolute Gasteiger partial charge is 0.368 e. The minimum Gasteiger partial charge on any atom is -0.368 e. The Kier molecular flexibility index (Phi) is 3.47. The van der Waals surface area contributed by atoms with Crippen molar-refractivity contribution in [3.63, 3.8) is 0 Å². The number of hydrogen-bond donors (Lipinski definition) is 2. The quantitative estimate of drug-likeness (QED) is 0.638. The zero-order valence-corrected chi connectivity index (χ0v) is 10.9. The molecular weight excluding hydrogens is 256 g/mol. The molecule has 18 heavy (non-hydrogen) atoms. The van der Waals surface area contributed by atoms with Gasteiger partial charge < -0.3 is 4.90 Å². The summed E-state index contributed by atoms with van der Waals surface area (Å²) < 4.78 is 19.1. The van der Waals surface area contributed by atoms with Crippen LogP contribution in [0.3, 0.4) is 0 Å². The predicted molar refractivity (Wildman–Crippen MR) is 72.6 cm³/mol. The van der Waals surface area contributed by atoms with Gasteiger partial charge in [0.05, 0.1) is 16.4 Å². The molecule has 0 aromatic heterocycles. The molecule has 6 nitrogen and oxygen atoms in total. The van der Waals surface area contributed by atoms with E-state index in [1.165, 1.54) is 6.07 Å². The highest BCUT2D eigenvalue weighted by atomic mass is 32.3. The van der Waals surface area contributed by atoms with Crippen molar-refractivity contribution in [3.05, 3.63) is 33.9 Å². The van der Waals surface area contributed by atoms with Crippen molar-refractivity contribution < 1.29 is 14.0 Å². The summed E-state index contributed by atoms with van der Waals surface area (Å²) >= 11 is 0. The number of nitro benzene ring substituents is 1. The third-order valence-electron chi connectivity index (χ3n) is 3.11. The van der Waals surface area contributed by atoms with Gasteiger partial charge >= 0.3 is 0 Å². The highest BCUT2D eigenvalue weighted by molar-refractivity contribution is 8.24. The minimum atomic E-state index is -2.41. The molecule has 0 unspecified atom stereocenters. The second kappa shape index (κ2) is 4.75. The van der Waals surface area contributed by atoms with E-state index in [2.05, 4.69) is 0 Å². The lowest BCUT2D eigenvalue weighted by Crippen LogP contribution is -2.38. The number of nitrogens with zero attached hydrogens (tertiary/aromatic N) is 2. The van der Waals surface area contributed by atoms with Gasteiger partial charge in [-0.15, -0.1) is 0 Å². The first kappa shape index (κ1) is 13.1. The highest BCUT2D eigenvalue weighted by Gasteiger charge is 2.23. The summed E-state index contributed by atoms with van der Waals surface area (Å²) in [6.07, 6.45) is 0. The molecule has 1 saturated heterocycles. The van der Waals surface area contributed by atoms with Gasteiger partial charge in [-0.1, -0.05) is 0 Å². The molecule has 0 spiro atoms. The molecule has 1 aliphatic heterocycles. The van der Waals surface area contributed by atoms with E-state index in [0.717, 1.165) is 11.3 Å². The van der Waals surface area contributed by atoms with Crippen LogP contribution in [0.2, 0.25) is 0 Å². The summed E-state index contributed by atoms with van der Waals surface area (Å²) in [4.78, 5) is 12.3. The van der Waals surface area contributed by atoms with E-state index >= 15 is 0 Å². The number of non-ortho nitro benzene ring substituents is 1. The van der Waals surface area contributed by atoms with Gasteiger partial charge in [-0.2, -0.15) is 10.6 Å². The van der Waals surface area contributed by atoms with E-state index in [1.54, 1.807) is 12.1 Å². The summed E-state index contributed by atoms with van der Waals surface area (Å²) in [5.41, 5.74) is 1.84. The van der Waals surface area contributed by atoms with Crippen LogP contribution >= 0.6 is 10.6 Å². The van der Waals surface area contributed by atoms with Crippen molar-refractivity contribution in [2.24, 2.45) is 0 Å². The number of aryl methyl sites for hydroxylation is 1. The van der Waals surface area contributed by atoms with E-state index in [1.807, 2.05) is 11.8 Å². The van der Waals surface area contributed by atoms with Crippen LogP contribution < -0.4 is 4.90 Å². The van der Waals surface area contributed by atoms with Crippen molar-refractivity contribution in [2.45, 2.75) is 6.92 Å². The van der Waals surface area contributed by atoms with E-state index in [-0.39, 0.29) is 5.69 Å². The van der Waals surface area contributed by atoms with Crippen LogP contribution in [0.15, 0.2) is 18.2 Å². The summed E-state index contributed by atoms with van der Waals surface area (Å²) in [7, 11) is -2.41. The molecule has 1 aliphatic rings. The lowest BCUT2D eigenvalue weighted by atomic mass is 10.1. The fraction of sp³-hybridized carbons (Fsp3) is 0.455. The van der Waals surface area contributed by atoms with Crippen molar-refractivity contribution >= 4 is 22.0 Å². The first-order valence-electron chi connectivity index (χ1n) is 5.63. The van der Waals surface area contributed by atoms with Gasteiger partial charge in [-0.25, -0.2) is 0 Å². The average molecular weight is 272 g/mol. The molecule has 2 N–H and O–H groups in total. The van der Waals surface area contributed by atoms with Gasteiger partial charge in [-0.05, 0) is 18.6 Å². The number of anilines is 1. The van der Waals surface area contributed by atoms with Gasteiger partial charge in [0.25, 0.3) is 5.69 Å². The number of nitro groups is 1. The Morgan fingerprint density at radius 3 is 2.44 bits per heavy atom. The molecule has 1 aromatic rings. The van der Waals surface area contributed by atoms with E-state index < -0.39 is 15.5 Å². The molecule has 0 atom stereocenters. The standard InChI is InChI=1S/C11H16N2O4S/c1-9-8-10(13(14)15)2-3-11(9)12-4-6-18(16,17)7-5-12/h2-3,8,16-17H,4-7H2,1H3. The molecule has 0 aliphatic carbocycles. The maximum Gasteiger partial charge on any atom is 0.269 e. The van der Waals surface area contributed by atoms with Crippen LogP contribution in [0.1, 0.15) is 5.56 Å². The van der Waals surface area contributed by atoms with E-state index in [9.17, 15) is 19.2 Å². The molecule has 1 heterocycles. The van der Waals surface area contributed by atoms with Gasteiger partial charge in [0, 0.05) is 30.9 Å². The Labute approximate surface area is 107 Å². The first-order valence-corrected chi connectivity index (χ1v) is 7.51. The molecule has 1 fully saturated rings. The molecule has 0 radical (unpaired) electrons. The van der Waals surface area contributed by atoms with Crippen LogP contribution in [0.4, 0.5) is 11.4 Å². The Bertz CT molecular complexity index is 468. The number of rotatable bonds is 2. The van der Waals surface area contributed by atoms with Gasteiger partial charge in [0.1, 0.15) is 0 Å². The Morgan fingerprint density at radius 2 is 1.94 bits per heavy atom. The molecule has 7 heteroatoms. The fourth-order valence-corrected chi connectivity index (χ4v) is 3.31. The SMILES string of the molecule is Cc1cc([N+](=O)[O-])ccc1N1CCS(O)(O)CC1. The molecule has 0 saturated carbocycles. The van der Waals surface area contributed by atoms with Crippen molar-refractivity contribution in [1.82, 2.24) is 0 Å². The van der Waals surface area contributed by atoms with Crippen LogP contribution in [0.5, 0.6) is 0 Å². The van der Waals surface area contributed by atoms with Crippen molar-refractivity contribution in [2.75, 3.05) is 29.5 Å². The molecule has 1 aromatic carbocycles. The third kappa shape index (κ3) is 2.74. The number of benzene rings is 1. The highest BCUT2D eigenvalue weighted by Crippen LogP contribution is 2.41. The van der Waals surface area contributed by atoms with Gasteiger partial charge in [0.2, 0.25) is 0 Å². The Balaban J connectivity index is 2.17. The summed E-state index contributed by atoms with van der Waals surface area (Å²) in [5.74, 6) is 0.729. The zero-order valence-electron chi connectivity index (χ0n) is 10.1. The maximum absolute atomic E-state index is 10.7. The summed E-state index contributed by atoms with van der Waals surface area (Å²) in [6.45, 7) is 2.97. The predicted octanol–water partition coefficient (Wildman–Crippen LogP) is 2.47. The average Bonchev–Trinajstić information content (AvgIpc) is 2.29. The number of hydrogen-bond acceptors (Lipinski definition) is 5. The summed E-state index contributed by atoms with van der Waals surface area (Å²) in [6, 6.07) is 4.75. The molecule has 0 bridgehead atoms. The van der Waals surface area contributed by atoms with Crippen molar-refractivity contribution in [1.29, 1.82) is 0 Å². The maximum atomic E-state index is 10.7. The van der Waals surface area contributed by atoms with E-state index in [0.29, 0.717) is 24.6 Å². The fourth-order valence-electron chi connectivity index (χ4n) is 2.08. The lowest BCUT2D eigenvalue weighted by Gasteiger charge is -2.42. The third-order valence-corrected chi connectivity index (χ3v) is 4.78.